The van der Waals surface area contributed by atoms with Crippen LogP contribution >= 0.6 is 0 Å². The molecule has 0 aromatic carbocycles. The maximum absolute atomic E-state index is 9.58. The van der Waals surface area contributed by atoms with E-state index in [0.717, 1.165) is 18.9 Å². The first-order valence-electron chi connectivity index (χ1n) is 5.77. The van der Waals surface area contributed by atoms with E-state index in [2.05, 4.69) is 39.9 Å². The zero-order chi connectivity index (χ0) is 10.9. The second-order valence-corrected chi connectivity index (χ2v) is 5.76. The lowest BCUT2D eigenvalue weighted by Crippen LogP contribution is -2.60. The summed E-state index contributed by atoms with van der Waals surface area (Å²) in [5.74, 6) is 1.44. The first-order chi connectivity index (χ1) is 6.35. The highest BCUT2D eigenvalue weighted by molar-refractivity contribution is 5.01. The van der Waals surface area contributed by atoms with Gasteiger partial charge >= 0.3 is 0 Å². The largest absolute Gasteiger partial charge is 0.392 e. The Morgan fingerprint density at radius 2 is 1.93 bits per heavy atom. The van der Waals surface area contributed by atoms with Crippen molar-refractivity contribution < 1.29 is 5.11 Å². The molecule has 0 aromatic rings. The van der Waals surface area contributed by atoms with E-state index in [-0.39, 0.29) is 11.5 Å². The Bertz CT molecular complexity index is 189. The Morgan fingerprint density at radius 1 is 1.36 bits per heavy atom. The molecule has 0 heterocycles. The van der Waals surface area contributed by atoms with E-state index in [1.54, 1.807) is 0 Å². The van der Waals surface area contributed by atoms with Gasteiger partial charge in [-0.1, -0.05) is 34.6 Å². The van der Waals surface area contributed by atoms with Gasteiger partial charge in [-0.2, -0.15) is 0 Å². The first-order valence-corrected chi connectivity index (χ1v) is 5.77. The molecule has 1 aliphatic rings. The molecule has 0 bridgehead atoms. The third-order valence-corrected chi connectivity index (χ3v) is 4.04. The fourth-order valence-electron chi connectivity index (χ4n) is 1.81. The average molecular weight is 199 g/mol. The van der Waals surface area contributed by atoms with E-state index >= 15 is 0 Å². The van der Waals surface area contributed by atoms with Crippen LogP contribution in [0.4, 0.5) is 0 Å². The number of hydrogen-bond donors (Lipinski definition) is 2. The van der Waals surface area contributed by atoms with E-state index in [9.17, 15) is 5.11 Å². The van der Waals surface area contributed by atoms with Gasteiger partial charge in [0.2, 0.25) is 0 Å². The summed E-state index contributed by atoms with van der Waals surface area (Å²) in [6.45, 7) is 12.1. The highest BCUT2D eigenvalue weighted by Crippen LogP contribution is 2.40. The van der Waals surface area contributed by atoms with Crippen LogP contribution < -0.4 is 5.32 Å². The van der Waals surface area contributed by atoms with Crippen LogP contribution in [0.5, 0.6) is 0 Å². The Balaban J connectivity index is 2.27. The Morgan fingerprint density at radius 3 is 2.29 bits per heavy atom. The number of aliphatic hydroxyl groups is 1. The number of aliphatic hydroxyl groups excluding tert-OH is 1. The topological polar surface area (TPSA) is 32.3 Å². The quantitative estimate of drug-likeness (QED) is 0.726. The molecule has 0 amide bonds. The van der Waals surface area contributed by atoms with Crippen molar-refractivity contribution in [1.82, 2.24) is 5.32 Å². The summed E-state index contributed by atoms with van der Waals surface area (Å²) in [4.78, 5) is 0. The zero-order valence-corrected chi connectivity index (χ0v) is 10.2. The van der Waals surface area contributed by atoms with Crippen molar-refractivity contribution in [3.8, 4) is 0 Å². The van der Waals surface area contributed by atoms with Crippen LogP contribution in [0.2, 0.25) is 0 Å². The smallest absolute Gasteiger partial charge is 0.0621 e. The van der Waals surface area contributed by atoms with Crippen molar-refractivity contribution in [2.24, 2.45) is 17.3 Å². The third-order valence-electron chi connectivity index (χ3n) is 4.04. The molecule has 84 valence electrons. The first kappa shape index (κ1) is 12.0. The predicted octanol–water partition coefficient (Wildman–Crippen LogP) is 2.03. The molecule has 2 nitrogen and oxygen atoms in total. The second kappa shape index (κ2) is 4.19. The fraction of sp³-hybridized carbons (Fsp3) is 1.00. The van der Waals surface area contributed by atoms with Gasteiger partial charge in [0.25, 0.3) is 0 Å². The van der Waals surface area contributed by atoms with Crippen molar-refractivity contribution in [2.75, 3.05) is 6.54 Å². The monoisotopic (exact) mass is 199 g/mol. The Kier molecular flexibility index (Phi) is 3.59. The average Bonchev–Trinajstić information content (AvgIpc) is 2.11. The van der Waals surface area contributed by atoms with Gasteiger partial charge in [0, 0.05) is 11.5 Å². The molecular weight excluding hydrogens is 174 g/mol. The van der Waals surface area contributed by atoms with Gasteiger partial charge in [-0.3, -0.25) is 0 Å². The molecule has 1 fully saturated rings. The molecule has 3 atom stereocenters. The summed E-state index contributed by atoms with van der Waals surface area (Å²) in [6, 6.07) is 0.499. The molecule has 0 aromatic heterocycles. The summed E-state index contributed by atoms with van der Waals surface area (Å²) in [6.07, 6.45) is 0.798. The minimum absolute atomic E-state index is 0.0662. The van der Waals surface area contributed by atoms with Gasteiger partial charge in [-0.15, -0.1) is 0 Å². The lowest BCUT2D eigenvalue weighted by molar-refractivity contribution is -0.0734. The molecule has 0 saturated heterocycles. The van der Waals surface area contributed by atoms with Crippen LogP contribution in [0.15, 0.2) is 0 Å². The summed E-state index contributed by atoms with van der Waals surface area (Å²) in [5.41, 5.74) is 0.0662. The molecule has 0 spiro atoms. The van der Waals surface area contributed by atoms with Gasteiger partial charge < -0.3 is 10.4 Å². The SMILES string of the molecule is CC(C)C(C)CNC1CC(O)C1(C)C. The van der Waals surface area contributed by atoms with Crippen LogP contribution in [-0.4, -0.2) is 23.8 Å². The molecule has 14 heavy (non-hydrogen) atoms. The molecule has 0 aliphatic heterocycles. The van der Waals surface area contributed by atoms with Crippen LogP contribution in [0.25, 0.3) is 0 Å². The normalized spacial score (nSPS) is 32.8. The van der Waals surface area contributed by atoms with Crippen LogP contribution in [0, 0.1) is 17.3 Å². The fourth-order valence-corrected chi connectivity index (χ4v) is 1.81. The van der Waals surface area contributed by atoms with E-state index in [1.807, 2.05) is 0 Å². The zero-order valence-electron chi connectivity index (χ0n) is 10.2. The van der Waals surface area contributed by atoms with Gasteiger partial charge in [-0.05, 0) is 24.8 Å². The lowest BCUT2D eigenvalue weighted by atomic mass is 9.64. The summed E-state index contributed by atoms with van der Waals surface area (Å²) < 4.78 is 0. The van der Waals surface area contributed by atoms with Crippen LogP contribution in [-0.2, 0) is 0 Å². The molecule has 3 unspecified atom stereocenters. The Labute approximate surface area is 88.1 Å². The summed E-state index contributed by atoms with van der Waals surface area (Å²) >= 11 is 0. The molecular formula is C12H25NO. The highest BCUT2D eigenvalue weighted by atomic mass is 16.3. The van der Waals surface area contributed by atoms with Gasteiger partial charge in [0.15, 0.2) is 0 Å². The van der Waals surface area contributed by atoms with Crippen molar-refractivity contribution in [1.29, 1.82) is 0 Å². The van der Waals surface area contributed by atoms with Gasteiger partial charge in [-0.25, -0.2) is 0 Å². The molecule has 1 saturated carbocycles. The van der Waals surface area contributed by atoms with E-state index in [4.69, 9.17) is 0 Å². The maximum Gasteiger partial charge on any atom is 0.0621 e. The minimum atomic E-state index is -0.116. The number of rotatable bonds is 4. The summed E-state index contributed by atoms with van der Waals surface area (Å²) in [5, 5.41) is 13.1. The number of nitrogens with one attached hydrogen (secondary N) is 1. The maximum atomic E-state index is 9.58. The lowest BCUT2D eigenvalue weighted by Gasteiger charge is -2.50. The highest BCUT2D eigenvalue weighted by Gasteiger charge is 2.46. The minimum Gasteiger partial charge on any atom is -0.392 e. The van der Waals surface area contributed by atoms with E-state index in [0.29, 0.717) is 12.0 Å². The van der Waals surface area contributed by atoms with Crippen LogP contribution in [0.3, 0.4) is 0 Å². The molecule has 2 heteroatoms. The van der Waals surface area contributed by atoms with Gasteiger partial charge in [0.1, 0.15) is 0 Å². The van der Waals surface area contributed by atoms with E-state index in [1.165, 1.54) is 0 Å². The van der Waals surface area contributed by atoms with Gasteiger partial charge in [0.05, 0.1) is 6.10 Å². The van der Waals surface area contributed by atoms with Crippen molar-refractivity contribution >= 4 is 0 Å². The Hall–Kier alpha value is -0.0800. The predicted molar refractivity (Wildman–Crippen MR) is 60.2 cm³/mol. The summed E-state index contributed by atoms with van der Waals surface area (Å²) in [7, 11) is 0. The van der Waals surface area contributed by atoms with Crippen molar-refractivity contribution in [3.05, 3.63) is 0 Å². The van der Waals surface area contributed by atoms with Crippen molar-refractivity contribution in [2.45, 2.75) is 53.2 Å². The standard InChI is InChI=1S/C12H25NO/c1-8(2)9(3)7-13-10-6-11(14)12(10,4)5/h8-11,13-14H,6-7H2,1-5H3. The second-order valence-electron chi connectivity index (χ2n) is 5.76. The third kappa shape index (κ3) is 2.29. The van der Waals surface area contributed by atoms with Crippen molar-refractivity contribution in [3.63, 3.8) is 0 Å². The van der Waals surface area contributed by atoms with E-state index < -0.39 is 0 Å². The molecule has 0 radical (unpaired) electrons. The number of hydrogen-bond acceptors (Lipinski definition) is 2. The molecule has 1 rings (SSSR count). The molecule has 2 N–H and O–H groups in total. The molecule has 1 aliphatic carbocycles. The van der Waals surface area contributed by atoms with Crippen LogP contribution in [0.1, 0.15) is 41.0 Å².